The van der Waals surface area contributed by atoms with Gasteiger partial charge in [0.1, 0.15) is 5.84 Å². The topological polar surface area (TPSA) is 50.8 Å². The van der Waals surface area contributed by atoms with E-state index in [0.717, 1.165) is 37.6 Å². The van der Waals surface area contributed by atoms with Gasteiger partial charge in [0.05, 0.1) is 18.9 Å². The second-order valence-corrected chi connectivity index (χ2v) is 5.97. The lowest BCUT2D eigenvalue weighted by Crippen LogP contribution is -2.36. The normalized spacial score (nSPS) is 15.9. The van der Waals surface area contributed by atoms with Crippen LogP contribution in [0.4, 0.5) is 11.4 Å². The number of anilines is 1. The van der Waals surface area contributed by atoms with Crippen LogP contribution in [0.2, 0.25) is 5.02 Å². The van der Waals surface area contributed by atoms with Gasteiger partial charge < -0.3 is 15.4 Å². The van der Waals surface area contributed by atoms with Crippen LogP contribution in [0, 0.1) is 0 Å². The molecule has 0 aromatic heterocycles. The van der Waals surface area contributed by atoms with Gasteiger partial charge in [-0.25, -0.2) is 4.99 Å². The molecule has 124 valence electrons. The Morgan fingerprint density at radius 2 is 1.71 bits per heavy atom. The lowest BCUT2D eigenvalue weighted by Gasteiger charge is -2.28. The summed E-state index contributed by atoms with van der Waals surface area (Å²) < 4.78 is 5.38. The van der Waals surface area contributed by atoms with E-state index in [0.29, 0.717) is 10.9 Å². The summed E-state index contributed by atoms with van der Waals surface area (Å²) in [6.45, 7) is 3.46. The molecular formula is C19H20ClN3O. The highest BCUT2D eigenvalue weighted by Crippen LogP contribution is 2.18. The van der Waals surface area contributed by atoms with Crippen molar-refractivity contribution in [3.8, 4) is 0 Å². The summed E-state index contributed by atoms with van der Waals surface area (Å²) in [5, 5.41) is 0.684. The SMILES string of the molecule is NC(C=Cc1ccc(N2CCOCC2)cc1)=Nc1ccc(Cl)cc1. The molecule has 2 aromatic carbocycles. The highest BCUT2D eigenvalue weighted by Gasteiger charge is 2.10. The second kappa shape index (κ2) is 7.99. The van der Waals surface area contributed by atoms with Crippen LogP contribution >= 0.6 is 11.6 Å². The summed E-state index contributed by atoms with van der Waals surface area (Å²) in [7, 11) is 0. The molecule has 1 heterocycles. The van der Waals surface area contributed by atoms with E-state index in [1.54, 1.807) is 18.2 Å². The lowest BCUT2D eigenvalue weighted by molar-refractivity contribution is 0.122. The number of morpholine rings is 1. The molecule has 5 heteroatoms. The Bertz CT molecular complexity index is 717. The first kappa shape index (κ1) is 16.6. The molecule has 0 bridgehead atoms. The Morgan fingerprint density at radius 1 is 1.04 bits per heavy atom. The Hall–Kier alpha value is -2.30. The van der Waals surface area contributed by atoms with Crippen molar-refractivity contribution in [3.05, 3.63) is 65.2 Å². The first-order chi connectivity index (χ1) is 11.7. The molecule has 24 heavy (non-hydrogen) atoms. The molecule has 0 radical (unpaired) electrons. The quantitative estimate of drug-likeness (QED) is 0.678. The van der Waals surface area contributed by atoms with E-state index in [2.05, 4.69) is 34.2 Å². The number of hydrogen-bond acceptors (Lipinski definition) is 3. The fourth-order valence-corrected chi connectivity index (χ4v) is 2.63. The number of amidine groups is 1. The van der Waals surface area contributed by atoms with E-state index < -0.39 is 0 Å². The summed E-state index contributed by atoms with van der Waals surface area (Å²) >= 11 is 5.85. The van der Waals surface area contributed by atoms with Gasteiger partial charge in [-0.05, 0) is 48.0 Å². The average molecular weight is 342 g/mol. The highest BCUT2D eigenvalue weighted by atomic mass is 35.5. The zero-order chi connectivity index (χ0) is 16.8. The third-order valence-corrected chi connectivity index (χ3v) is 4.05. The number of halogens is 1. The van der Waals surface area contributed by atoms with Gasteiger partial charge in [0.25, 0.3) is 0 Å². The van der Waals surface area contributed by atoms with Crippen LogP contribution in [0.5, 0.6) is 0 Å². The first-order valence-electron chi connectivity index (χ1n) is 7.91. The van der Waals surface area contributed by atoms with Gasteiger partial charge in [-0.3, -0.25) is 0 Å². The summed E-state index contributed by atoms with van der Waals surface area (Å²) in [6.07, 6.45) is 3.76. The number of ether oxygens (including phenoxy) is 1. The van der Waals surface area contributed by atoms with Gasteiger partial charge in [0, 0.05) is 23.8 Å². The molecule has 0 atom stereocenters. The molecule has 2 aromatic rings. The molecule has 0 spiro atoms. The van der Waals surface area contributed by atoms with Crippen molar-refractivity contribution in [1.29, 1.82) is 0 Å². The molecule has 0 amide bonds. The van der Waals surface area contributed by atoms with E-state index in [-0.39, 0.29) is 0 Å². The van der Waals surface area contributed by atoms with E-state index >= 15 is 0 Å². The molecule has 2 N–H and O–H groups in total. The minimum absolute atomic E-state index is 0.453. The van der Waals surface area contributed by atoms with E-state index in [1.165, 1.54) is 5.69 Å². The minimum atomic E-state index is 0.453. The molecule has 1 aliphatic rings. The van der Waals surface area contributed by atoms with Crippen LogP contribution in [0.3, 0.4) is 0 Å². The van der Waals surface area contributed by atoms with Gasteiger partial charge in [0.15, 0.2) is 0 Å². The summed E-state index contributed by atoms with van der Waals surface area (Å²) in [4.78, 5) is 6.66. The summed E-state index contributed by atoms with van der Waals surface area (Å²) in [5.41, 5.74) is 9.03. The molecule has 0 aliphatic carbocycles. The van der Waals surface area contributed by atoms with E-state index in [1.807, 2.05) is 18.2 Å². The number of benzene rings is 2. The molecule has 1 fully saturated rings. The predicted molar refractivity (Wildman–Crippen MR) is 101 cm³/mol. The monoisotopic (exact) mass is 341 g/mol. The standard InChI is InChI=1S/C19H20ClN3O/c20-16-4-6-17(7-5-16)22-19(21)10-3-15-1-8-18(9-2-15)23-11-13-24-14-12-23/h1-10H,11-14H2,(H2,21,22). The Labute approximate surface area is 147 Å². The third-order valence-electron chi connectivity index (χ3n) is 3.80. The van der Waals surface area contributed by atoms with Crippen LogP contribution in [0.1, 0.15) is 5.56 Å². The van der Waals surface area contributed by atoms with Gasteiger partial charge in [-0.1, -0.05) is 29.8 Å². The molecule has 0 unspecified atom stereocenters. The van der Waals surface area contributed by atoms with Crippen LogP contribution in [0.25, 0.3) is 6.08 Å². The van der Waals surface area contributed by atoms with Crippen LogP contribution in [-0.2, 0) is 4.74 Å². The largest absolute Gasteiger partial charge is 0.384 e. The van der Waals surface area contributed by atoms with Gasteiger partial charge >= 0.3 is 0 Å². The van der Waals surface area contributed by atoms with Crippen LogP contribution < -0.4 is 10.6 Å². The maximum Gasteiger partial charge on any atom is 0.124 e. The number of hydrogen-bond donors (Lipinski definition) is 1. The number of rotatable bonds is 4. The van der Waals surface area contributed by atoms with Crippen LogP contribution in [-0.4, -0.2) is 32.1 Å². The van der Waals surface area contributed by atoms with Crippen molar-refractivity contribution in [2.75, 3.05) is 31.2 Å². The fraction of sp³-hybridized carbons (Fsp3) is 0.211. The van der Waals surface area contributed by atoms with Crippen LogP contribution in [0.15, 0.2) is 59.6 Å². The summed E-state index contributed by atoms with van der Waals surface area (Å²) in [6, 6.07) is 15.7. The van der Waals surface area contributed by atoms with Crippen molar-refractivity contribution < 1.29 is 4.74 Å². The number of aliphatic imine (C=N–C) groups is 1. The minimum Gasteiger partial charge on any atom is -0.384 e. The van der Waals surface area contributed by atoms with Crippen molar-refractivity contribution >= 4 is 34.9 Å². The predicted octanol–water partition coefficient (Wildman–Crippen LogP) is 3.88. The average Bonchev–Trinajstić information content (AvgIpc) is 2.63. The Kier molecular flexibility index (Phi) is 5.51. The Balaban J connectivity index is 1.64. The van der Waals surface area contributed by atoms with Crippen molar-refractivity contribution in [3.63, 3.8) is 0 Å². The zero-order valence-electron chi connectivity index (χ0n) is 13.4. The first-order valence-corrected chi connectivity index (χ1v) is 8.29. The van der Waals surface area contributed by atoms with E-state index in [4.69, 9.17) is 22.1 Å². The lowest BCUT2D eigenvalue weighted by atomic mass is 10.1. The molecular weight excluding hydrogens is 322 g/mol. The highest BCUT2D eigenvalue weighted by molar-refractivity contribution is 6.30. The van der Waals surface area contributed by atoms with Gasteiger partial charge in [-0.2, -0.15) is 0 Å². The second-order valence-electron chi connectivity index (χ2n) is 5.54. The van der Waals surface area contributed by atoms with Gasteiger partial charge in [-0.15, -0.1) is 0 Å². The summed E-state index contributed by atoms with van der Waals surface area (Å²) in [5.74, 6) is 0.453. The molecule has 1 saturated heterocycles. The number of nitrogens with two attached hydrogens (primary N) is 1. The third kappa shape index (κ3) is 4.60. The molecule has 0 saturated carbocycles. The molecule has 3 rings (SSSR count). The Morgan fingerprint density at radius 3 is 2.38 bits per heavy atom. The fourth-order valence-electron chi connectivity index (χ4n) is 2.50. The van der Waals surface area contributed by atoms with Crippen molar-refractivity contribution in [2.45, 2.75) is 0 Å². The van der Waals surface area contributed by atoms with Crippen molar-refractivity contribution in [2.24, 2.45) is 10.7 Å². The number of nitrogens with zero attached hydrogens (tertiary/aromatic N) is 2. The molecule has 1 aliphatic heterocycles. The van der Waals surface area contributed by atoms with Gasteiger partial charge in [0.2, 0.25) is 0 Å². The zero-order valence-corrected chi connectivity index (χ0v) is 14.1. The maximum absolute atomic E-state index is 5.95. The smallest absolute Gasteiger partial charge is 0.124 e. The van der Waals surface area contributed by atoms with Crippen molar-refractivity contribution in [1.82, 2.24) is 0 Å². The van der Waals surface area contributed by atoms with E-state index in [9.17, 15) is 0 Å². The maximum atomic E-state index is 5.95. The molecule has 4 nitrogen and oxygen atoms in total.